The van der Waals surface area contributed by atoms with E-state index in [2.05, 4.69) is 0 Å². The Balaban J connectivity index is 1.68. The molecular formula is C30H41FN2O7S. The zero-order chi connectivity index (χ0) is 29.7. The summed E-state index contributed by atoms with van der Waals surface area (Å²) >= 11 is 0. The van der Waals surface area contributed by atoms with Crippen LogP contribution >= 0.6 is 0 Å². The van der Waals surface area contributed by atoms with E-state index in [-0.39, 0.29) is 30.8 Å². The molecule has 9 nitrogen and oxygen atoms in total. The summed E-state index contributed by atoms with van der Waals surface area (Å²) in [6.45, 7) is 7.31. The Morgan fingerprint density at radius 2 is 1.88 bits per heavy atom. The minimum absolute atomic E-state index is 0.0683. The molecule has 4 rings (SSSR count). The molecule has 1 N–H and O–H groups in total. The molecule has 1 fully saturated rings. The van der Waals surface area contributed by atoms with Gasteiger partial charge in [0.2, 0.25) is 16.8 Å². The first kappa shape index (κ1) is 31.1. The van der Waals surface area contributed by atoms with Gasteiger partial charge in [-0.1, -0.05) is 45.7 Å². The molecule has 0 aromatic heterocycles. The fourth-order valence-electron chi connectivity index (χ4n) is 5.86. The third-order valence-corrected chi connectivity index (χ3v) is 9.75. The van der Waals surface area contributed by atoms with Gasteiger partial charge in [0.1, 0.15) is 0 Å². The highest BCUT2D eigenvalue weighted by molar-refractivity contribution is 7.89. The average Bonchev–Trinajstić information content (AvgIpc) is 3.55. The summed E-state index contributed by atoms with van der Waals surface area (Å²) < 4.78 is 59.1. The summed E-state index contributed by atoms with van der Waals surface area (Å²) in [7, 11) is -2.12. The lowest BCUT2D eigenvalue weighted by Crippen LogP contribution is -2.42. The second-order valence-corrected chi connectivity index (χ2v) is 13.3. The van der Waals surface area contributed by atoms with Gasteiger partial charge < -0.3 is 19.3 Å². The van der Waals surface area contributed by atoms with E-state index in [1.165, 1.54) is 23.5 Å². The van der Waals surface area contributed by atoms with Crippen LogP contribution in [0.1, 0.15) is 63.1 Å². The van der Waals surface area contributed by atoms with Crippen molar-refractivity contribution in [3.63, 3.8) is 0 Å². The van der Waals surface area contributed by atoms with E-state index in [4.69, 9.17) is 14.2 Å². The number of halogens is 1. The maximum absolute atomic E-state index is 14.9. The molecule has 41 heavy (non-hydrogen) atoms. The molecule has 2 aliphatic rings. The summed E-state index contributed by atoms with van der Waals surface area (Å²) in [5, 5.41) is 10.5. The van der Waals surface area contributed by atoms with Gasteiger partial charge in [-0.15, -0.1) is 0 Å². The van der Waals surface area contributed by atoms with E-state index >= 15 is 0 Å². The van der Waals surface area contributed by atoms with Gasteiger partial charge in [-0.2, -0.15) is 0 Å². The van der Waals surface area contributed by atoms with Gasteiger partial charge in [0.25, 0.3) is 0 Å². The van der Waals surface area contributed by atoms with E-state index in [1.54, 1.807) is 18.2 Å². The number of hydrogen-bond acceptors (Lipinski definition) is 7. The summed E-state index contributed by atoms with van der Waals surface area (Å²) in [6.07, 6.45) is 2.35. The number of carboxylic acids is 1. The van der Waals surface area contributed by atoms with Gasteiger partial charge in [-0.05, 0) is 47.7 Å². The largest absolute Gasteiger partial charge is 0.494 e. The predicted octanol–water partition coefficient (Wildman–Crippen LogP) is 4.88. The highest BCUT2D eigenvalue weighted by Gasteiger charge is 2.48. The molecule has 0 spiro atoms. The molecule has 2 heterocycles. The number of methoxy groups -OCH3 is 1. The number of unbranched alkanes of at least 4 members (excludes halogenated alkanes) is 2. The van der Waals surface area contributed by atoms with Crippen LogP contribution in [-0.2, 0) is 14.8 Å². The number of hydrogen-bond donors (Lipinski definition) is 1. The molecule has 3 unspecified atom stereocenters. The van der Waals surface area contributed by atoms with E-state index in [0.717, 1.165) is 18.4 Å². The van der Waals surface area contributed by atoms with E-state index in [1.807, 2.05) is 31.7 Å². The number of carbonyl (C=O) groups is 1. The molecule has 0 amide bonds. The molecule has 2 aromatic rings. The van der Waals surface area contributed by atoms with Crippen molar-refractivity contribution in [3.05, 3.63) is 53.3 Å². The van der Waals surface area contributed by atoms with Gasteiger partial charge in [-0.3, -0.25) is 9.69 Å². The van der Waals surface area contributed by atoms with Crippen LogP contribution < -0.4 is 14.2 Å². The lowest BCUT2D eigenvalue weighted by molar-refractivity contribution is -0.143. The predicted molar refractivity (Wildman–Crippen MR) is 153 cm³/mol. The Hall–Kier alpha value is -2.89. The molecule has 0 aliphatic carbocycles. The van der Waals surface area contributed by atoms with Gasteiger partial charge in [0.05, 0.1) is 18.8 Å². The van der Waals surface area contributed by atoms with Crippen LogP contribution in [0.3, 0.4) is 0 Å². The molecule has 2 aromatic carbocycles. The number of aliphatic carboxylic acids is 1. The van der Waals surface area contributed by atoms with Crippen molar-refractivity contribution >= 4 is 16.0 Å². The number of rotatable bonds is 14. The van der Waals surface area contributed by atoms with Crippen LogP contribution in [0, 0.1) is 17.7 Å². The number of fused-ring (bicyclic) bond motifs is 1. The zero-order valence-corrected chi connectivity index (χ0v) is 25.0. The van der Waals surface area contributed by atoms with Crippen LogP contribution in [0.5, 0.6) is 17.2 Å². The molecule has 226 valence electrons. The second-order valence-electron chi connectivity index (χ2n) is 11.2. The number of nitrogens with zero attached hydrogens (tertiary/aromatic N) is 2. The summed E-state index contributed by atoms with van der Waals surface area (Å²) in [4.78, 5) is 14.8. The van der Waals surface area contributed by atoms with Gasteiger partial charge in [-0.25, -0.2) is 17.1 Å². The first-order valence-electron chi connectivity index (χ1n) is 14.2. The fourth-order valence-corrected chi connectivity index (χ4v) is 7.57. The Labute approximate surface area is 242 Å². The minimum atomic E-state index is -3.50. The number of ether oxygens (including phenoxy) is 3. The van der Waals surface area contributed by atoms with Crippen LogP contribution in [0.15, 0.2) is 36.4 Å². The molecule has 2 aliphatic heterocycles. The number of benzene rings is 2. The second kappa shape index (κ2) is 13.4. The summed E-state index contributed by atoms with van der Waals surface area (Å²) in [6, 6.07) is 9.24. The van der Waals surface area contributed by atoms with Crippen molar-refractivity contribution < 1.29 is 36.9 Å². The Morgan fingerprint density at radius 1 is 1.15 bits per heavy atom. The topological polar surface area (TPSA) is 106 Å². The number of carboxylic acid groups (broad SMARTS) is 1. The van der Waals surface area contributed by atoms with Crippen molar-refractivity contribution in [1.29, 1.82) is 0 Å². The van der Waals surface area contributed by atoms with Crippen molar-refractivity contribution in [2.24, 2.45) is 11.8 Å². The monoisotopic (exact) mass is 592 g/mol. The normalized spacial score (nSPS) is 20.7. The fraction of sp³-hybridized carbons (Fsp3) is 0.567. The molecule has 3 atom stereocenters. The standard InChI is InChI=1S/C30H41FN2O7S/c1-5-6-7-14-41(36,37)33(17-20(2)3)13-12-32-18-23(21-8-11-26-27(16-21)40-19-39-26)28(30(34)35)29(32)22-9-10-25(38-4)24(31)15-22/h8-11,15-16,20,23,28-29H,5-7,12-14,17-19H2,1-4H3,(H,34,35). The summed E-state index contributed by atoms with van der Waals surface area (Å²) in [5.41, 5.74) is 1.27. The molecule has 11 heteroatoms. The zero-order valence-electron chi connectivity index (χ0n) is 24.2. The molecule has 0 saturated carbocycles. The lowest BCUT2D eigenvalue weighted by atomic mass is 9.82. The van der Waals surface area contributed by atoms with E-state index in [0.29, 0.717) is 43.1 Å². The number of sulfonamides is 1. The first-order valence-corrected chi connectivity index (χ1v) is 15.8. The molecule has 0 radical (unpaired) electrons. The lowest BCUT2D eigenvalue weighted by Gasteiger charge is -2.30. The molecule has 0 bridgehead atoms. The van der Waals surface area contributed by atoms with Gasteiger partial charge in [0, 0.05) is 38.1 Å². The third kappa shape index (κ3) is 7.13. The SMILES string of the molecule is CCCCCS(=O)(=O)N(CCN1CC(c2ccc3c(c2)OCO3)C(C(=O)O)C1c1ccc(OC)c(F)c1)CC(C)C. The summed E-state index contributed by atoms with van der Waals surface area (Å²) in [5.74, 6) is -1.53. The van der Waals surface area contributed by atoms with Gasteiger partial charge in [0.15, 0.2) is 23.1 Å². The van der Waals surface area contributed by atoms with Crippen molar-refractivity contribution in [1.82, 2.24) is 9.21 Å². The highest BCUT2D eigenvalue weighted by atomic mass is 32.2. The van der Waals surface area contributed by atoms with Crippen LogP contribution in [-0.4, -0.2) is 74.5 Å². The van der Waals surface area contributed by atoms with Crippen molar-refractivity contribution in [2.45, 2.75) is 52.0 Å². The Kier molecular flexibility index (Phi) is 10.1. The van der Waals surface area contributed by atoms with Crippen molar-refractivity contribution in [2.75, 3.05) is 45.8 Å². The Bertz CT molecular complexity index is 1320. The Morgan fingerprint density at radius 3 is 2.54 bits per heavy atom. The van der Waals surface area contributed by atoms with Crippen LogP contribution in [0.2, 0.25) is 0 Å². The number of likely N-dealkylation sites (tertiary alicyclic amines) is 1. The maximum Gasteiger partial charge on any atom is 0.309 e. The highest BCUT2D eigenvalue weighted by Crippen LogP contribution is 2.48. The maximum atomic E-state index is 14.9. The molecule has 1 saturated heterocycles. The van der Waals surface area contributed by atoms with Gasteiger partial charge >= 0.3 is 5.97 Å². The van der Waals surface area contributed by atoms with Crippen LogP contribution in [0.4, 0.5) is 4.39 Å². The van der Waals surface area contributed by atoms with Crippen molar-refractivity contribution in [3.8, 4) is 17.2 Å². The van der Waals surface area contributed by atoms with E-state index < -0.39 is 39.7 Å². The first-order chi connectivity index (χ1) is 19.6. The average molecular weight is 593 g/mol. The van der Waals surface area contributed by atoms with Crippen LogP contribution in [0.25, 0.3) is 0 Å². The minimum Gasteiger partial charge on any atom is -0.494 e. The smallest absolute Gasteiger partial charge is 0.309 e. The molecular weight excluding hydrogens is 551 g/mol. The van der Waals surface area contributed by atoms with E-state index in [9.17, 15) is 22.7 Å². The third-order valence-electron chi connectivity index (χ3n) is 7.83. The quantitative estimate of drug-likeness (QED) is 0.310.